The number of aryl methyl sites for hydroxylation is 1. The monoisotopic (exact) mass is 561 g/mol. The molecule has 11 heteroatoms. The Bertz CT molecular complexity index is 1540. The summed E-state index contributed by atoms with van der Waals surface area (Å²) in [6.07, 6.45) is 0. The van der Waals surface area contributed by atoms with E-state index in [9.17, 15) is 18.8 Å². The summed E-state index contributed by atoms with van der Waals surface area (Å²) < 4.78 is 20.3. The van der Waals surface area contributed by atoms with Crippen LogP contribution in [0.2, 0.25) is 0 Å². The average Bonchev–Trinajstić information content (AvgIpc) is 3.35. The van der Waals surface area contributed by atoms with Gasteiger partial charge in [-0.05, 0) is 80.4 Å². The number of hydrogen-bond acceptors (Lipinski definition) is 7. The fourth-order valence-corrected chi connectivity index (χ4v) is 4.61. The van der Waals surface area contributed by atoms with Crippen LogP contribution in [-0.4, -0.2) is 44.9 Å². The topological polar surface area (TPSA) is 115 Å². The zero-order chi connectivity index (χ0) is 28.6. The first-order valence-electron chi connectivity index (χ1n) is 12.5. The number of hydrogen-bond donors (Lipinski definition) is 2. The molecule has 0 saturated carbocycles. The smallest absolute Gasteiger partial charge is 0.338 e. The van der Waals surface area contributed by atoms with Crippen molar-refractivity contribution < 1.29 is 23.5 Å². The number of nitrogens with zero attached hydrogens (tertiary/aromatic N) is 3. The molecule has 1 aromatic heterocycles. The van der Waals surface area contributed by atoms with Crippen LogP contribution in [0, 0.1) is 19.7 Å². The van der Waals surface area contributed by atoms with E-state index in [1.807, 2.05) is 32.0 Å². The molecular formula is C29H28FN5O4S. The SMILES string of the molecule is CCOC(=O)c1ccc(NC(=O)CSc2nnc(CNC(=O)c3cccc(F)c3)n2-c2cccc(C)c2C)cc1. The lowest BCUT2D eigenvalue weighted by Crippen LogP contribution is -2.25. The number of benzene rings is 3. The van der Waals surface area contributed by atoms with Crippen molar-refractivity contribution in [2.24, 2.45) is 0 Å². The number of carbonyl (C=O) groups is 3. The Balaban J connectivity index is 1.49. The van der Waals surface area contributed by atoms with E-state index in [-0.39, 0.29) is 30.4 Å². The highest BCUT2D eigenvalue weighted by molar-refractivity contribution is 7.99. The molecule has 4 rings (SSSR count). The summed E-state index contributed by atoms with van der Waals surface area (Å²) in [5, 5.41) is 14.6. The highest BCUT2D eigenvalue weighted by Gasteiger charge is 2.19. The molecule has 0 radical (unpaired) electrons. The van der Waals surface area contributed by atoms with E-state index in [1.54, 1.807) is 35.8 Å². The second-order valence-corrected chi connectivity index (χ2v) is 9.72. The highest BCUT2D eigenvalue weighted by atomic mass is 32.2. The Morgan fingerprint density at radius 2 is 1.73 bits per heavy atom. The Kier molecular flexibility index (Phi) is 9.28. The number of aromatic nitrogens is 3. The van der Waals surface area contributed by atoms with Gasteiger partial charge in [0.05, 0.1) is 30.2 Å². The summed E-state index contributed by atoms with van der Waals surface area (Å²) in [6.45, 7) is 6.01. The molecule has 3 aromatic carbocycles. The van der Waals surface area contributed by atoms with Crippen LogP contribution < -0.4 is 10.6 Å². The largest absolute Gasteiger partial charge is 0.462 e. The van der Waals surface area contributed by atoms with Gasteiger partial charge in [-0.2, -0.15) is 0 Å². The van der Waals surface area contributed by atoms with E-state index in [0.717, 1.165) is 22.9 Å². The second-order valence-electron chi connectivity index (χ2n) is 8.78. The van der Waals surface area contributed by atoms with Crippen molar-refractivity contribution in [2.45, 2.75) is 32.5 Å². The molecule has 0 fully saturated rings. The summed E-state index contributed by atoms with van der Waals surface area (Å²) in [7, 11) is 0. The van der Waals surface area contributed by atoms with E-state index in [0.29, 0.717) is 22.2 Å². The molecule has 1 heterocycles. The van der Waals surface area contributed by atoms with E-state index in [1.165, 1.54) is 30.0 Å². The predicted molar refractivity (Wildman–Crippen MR) is 150 cm³/mol. The number of nitrogens with one attached hydrogen (secondary N) is 2. The minimum absolute atomic E-state index is 0.0370. The lowest BCUT2D eigenvalue weighted by atomic mass is 10.1. The molecule has 206 valence electrons. The van der Waals surface area contributed by atoms with Crippen LogP contribution >= 0.6 is 11.8 Å². The summed E-state index contributed by atoms with van der Waals surface area (Å²) in [5.74, 6) is -1.15. The van der Waals surface area contributed by atoms with Crippen molar-refractivity contribution in [1.82, 2.24) is 20.1 Å². The Morgan fingerprint density at radius 1 is 0.975 bits per heavy atom. The van der Waals surface area contributed by atoms with Gasteiger partial charge in [0.25, 0.3) is 5.91 Å². The first-order valence-corrected chi connectivity index (χ1v) is 13.5. The third-order valence-corrected chi connectivity index (χ3v) is 6.95. The van der Waals surface area contributed by atoms with Crippen molar-refractivity contribution in [1.29, 1.82) is 0 Å². The number of esters is 1. The maximum absolute atomic E-state index is 13.6. The molecule has 0 saturated heterocycles. The normalized spacial score (nSPS) is 10.7. The van der Waals surface area contributed by atoms with Crippen LogP contribution in [0.5, 0.6) is 0 Å². The van der Waals surface area contributed by atoms with E-state index in [4.69, 9.17) is 4.74 Å². The minimum Gasteiger partial charge on any atom is -0.462 e. The van der Waals surface area contributed by atoms with Gasteiger partial charge >= 0.3 is 5.97 Å². The minimum atomic E-state index is -0.502. The standard InChI is InChI=1S/C29H28FN5O4S/c1-4-39-28(38)20-11-13-23(14-12-20)32-26(36)17-40-29-34-33-25(35(29)24-10-5-7-18(2)19(24)3)16-31-27(37)21-8-6-9-22(30)15-21/h5-15H,4,16-17H2,1-3H3,(H,31,37)(H,32,36). The third-order valence-electron chi connectivity index (χ3n) is 6.02. The fourth-order valence-electron chi connectivity index (χ4n) is 3.85. The Morgan fingerprint density at radius 3 is 2.45 bits per heavy atom. The molecule has 0 aliphatic heterocycles. The third kappa shape index (κ3) is 6.92. The van der Waals surface area contributed by atoms with Gasteiger partial charge in [-0.3, -0.25) is 14.2 Å². The maximum atomic E-state index is 13.6. The van der Waals surface area contributed by atoms with Gasteiger partial charge in [-0.25, -0.2) is 9.18 Å². The predicted octanol–water partition coefficient (Wildman–Crippen LogP) is 4.86. The number of carbonyl (C=O) groups excluding carboxylic acids is 3. The lowest BCUT2D eigenvalue weighted by Gasteiger charge is -2.15. The molecule has 40 heavy (non-hydrogen) atoms. The van der Waals surface area contributed by atoms with E-state index < -0.39 is 17.7 Å². The molecule has 2 amide bonds. The Labute approximate surface area is 235 Å². The van der Waals surface area contributed by atoms with Gasteiger partial charge in [0.1, 0.15) is 5.82 Å². The maximum Gasteiger partial charge on any atom is 0.338 e. The number of ether oxygens (including phenoxy) is 1. The van der Waals surface area contributed by atoms with Gasteiger partial charge in [0.15, 0.2) is 11.0 Å². The average molecular weight is 562 g/mol. The van der Waals surface area contributed by atoms with Crippen molar-refractivity contribution in [2.75, 3.05) is 17.7 Å². The van der Waals surface area contributed by atoms with Gasteiger partial charge in [0.2, 0.25) is 5.91 Å². The van der Waals surface area contributed by atoms with Gasteiger partial charge < -0.3 is 15.4 Å². The zero-order valence-corrected chi connectivity index (χ0v) is 23.0. The summed E-state index contributed by atoms with van der Waals surface area (Å²) >= 11 is 1.19. The van der Waals surface area contributed by atoms with Crippen LogP contribution in [0.1, 0.15) is 44.6 Å². The molecule has 0 bridgehead atoms. The quantitative estimate of drug-likeness (QED) is 0.210. The number of rotatable bonds is 10. The number of halogens is 1. The highest BCUT2D eigenvalue weighted by Crippen LogP contribution is 2.26. The molecule has 0 aliphatic rings. The van der Waals surface area contributed by atoms with E-state index in [2.05, 4.69) is 20.8 Å². The van der Waals surface area contributed by atoms with Crippen LogP contribution in [-0.2, 0) is 16.1 Å². The van der Waals surface area contributed by atoms with Crippen LogP contribution in [0.25, 0.3) is 5.69 Å². The second kappa shape index (κ2) is 13.0. The van der Waals surface area contributed by atoms with Crippen molar-refractivity contribution in [3.05, 3.63) is 101 Å². The molecule has 4 aromatic rings. The van der Waals surface area contributed by atoms with E-state index >= 15 is 0 Å². The molecule has 0 spiro atoms. The van der Waals surface area contributed by atoms with Gasteiger partial charge in [-0.1, -0.05) is 30.0 Å². The van der Waals surface area contributed by atoms with Crippen LogP contribution in [0.4, 0.5) is 10.1 Å². The Hall–Kier alpha value is -4.51. The van der Waals surface area contributed by atoms with Crippen molar-refractivity contribution in [3.8, 4) is 5.69 Å². The van der Waals surface area contributed by atoms with Crippen molar-refractivity contribution in [3.63, 3.8) is 0 Å². The molecule has 0 unspecified atom stereocenters. The van der Waals surface area contributed by atoms with Crippen LogP contribution in [0.3, 0.4) is 0 Å². The van der Waals surface area contributed by atoms with Crippen molar-refractivity contribution >= 4 is 35.2 Å². The molecule has 0 atom stereocenters. The van der Waals surface area contributed by atoms with Crippen LogP contribution in [0.15, 0.2) is 71.9 Å². The summed E-state index contributed by atoms with van der Waals surface area (Å²) in [4.78, 5) is 37.2. The van der Waals surface area contributed by atoms with Gasteiger partial charge in [-0.15, -0.1) is 10.2 Å². The first kappa shape index (κ1) is 28.5. The number of amides is 2. The molecule has 2 N–H and O–H groups in total. The molecular weight excluding hydrogens is 533 g/mol. The zero-order valence-electron chi connectivity index (χ0n) is 22.2. The molecule has 0 aliphatic carbocycles. The fraction of sp³-hybridized carbons (Fsp3) is 0.207. The summed E-state index contributed by atoms with van der Waals surface area (Å²) in [5.41, 5.74) is 3.99. The lowest BCUT2D eigenvalue weighted by molar-refractivity contribution is -0.113. The molecule has 9 nitrogen and oxygen atoms in total. The first-order chi connectivity index (χ1) is 19.3. The number of thioether (sulfide) groups is 1. The van der Waals surface area contributed by atoms with Gasteiger partial charge in [0, 0.05) is 11.3 Å². The number of anilines is 1. The summed E-state index contributed by atoms with van der Waals surface area (Å²) in [6, 6.07) is 17.7.